The van der Waals surface area contributed by atoms with Gasteiger partial charge in [-0.05, 0) is 62.1 Å². The van der Waals surface area contributed by atoms with Gasteiger partial charge in [-0.3, -0.25) is 14.7 Å². The van der Waals surface area contributed by atoms with Gasteiger partial charge in [0.2, 0.25) is 11.9 Å². The van der Waals surface area contributed by atoms with Crippen LogP contribution in [0.5, 0.6) is 5.75 Å². The van der Waals surface area contributed by atoms with Gasteiger partial charge in [-0.2, -0.15) is 0 Å². The molecule has 9 heteroatoms. The summed E-state index contributed by atoms with van der Waals surface area (Å²) in [5.74, 6) is 1.76. The molecule has 2 aromatic carbocycles. The van der Waals surface area contributed by atoms with Crippen LogP contribution in [0.2, 0.25) is 10.0 Å². The summed E-state index contributed by atoms with van der Waals surface area (Å²) in [4.78, 5) is 12.4. The minimum absolute atomic E-state index is 0.123. The summed E-state index contributed by atoms with van der Waals surface area (Å²) in [6.07, 6.45) is 0.908. The number of nitrogens with zero attached hydrogens (tertiary/aromatic N) is 3. The molecule has 0 atom stereocenters. The number of benzene rings is 2. The van der Waals surface area contributed by atoms with Gasteiger partial charge in [-0.25, -0.2) is 0 Å². The average Bonchev–Trinajstić information content (AvgIpc) is 3.15. The Morgan fingerprint density at radius 3 is 2.56 bits per heavy atom. The van der Waals surface area contributed by atoms with E-state index >= 15 is 0 Å². The van der Waals surface area contributed by atoms with Crippen LogP contribution in [0.4, 0.5) is 5.95 Å². The second-order valence-corrected chi connectivity index (χ2v) is 9.03. The van der Waals surface area contributed by atoms with Crippen molar-refractivity contribution in [1.29, 1.82) is 0 Å². The number of thioether (sulfide) groups is 1. The average molecular weight is 493 g/mol. The molecule has 0 bridgehead atoms. The summed E-state index contributed by atoms with van der Waals surface area (Å²) in [6.45, 7) is 6.96. The molecule has 32 heavy (non-hydrogen) atoms. The molecule has 3 aromatic rings. The third-order valence-corrected chi connectivity index (χ3v) is 6.81. The molecule has 170 valence electrons. The van der Waals surface area contributed by atoms with E-state index in [1.807, 2.05) is 61.7 Å². The first-order chi connectivity index (χ1) is 15.4. The van der Waals surface area contributed by atoms with Crippen molar-refractivity contribution in [2.45, 2.75) is 51.1 Å². The van der Waals surface area contributed by atoms with E-state index in [1.165, 1.54) is 11.8 Å². The number of rotatable bonds is 10. The van der Waals surface area contributed by atoms with E-state index in [1.54, 1.807) is 0 Å². The Morgan fingerprint density at radius 2 is 1.88 bits per heavy atom. The van der Waals surface area contributed by atoms with Gasteiger partial charge in [0.15, 0.2) is 5.16 Å². The normalized spacial score (nSPS) is 10.9. The van der Waals surface area contributed by atoms with Crippen LogP contribution in [0.25, 0.3) is 0 Å². The molecule has 6 nitrogen and oxygen atoms in total. The van der Waals surface area contributed by atoms with Gasteiger partial charge in [0, 0.05) is 28.8 Å². The van der Waals surface area contributed by atoms with Crippen molar-refractivity contribution >= 4 is 46.8 Å². The number of ether oxygens (including phenoxy) is 1. The summed E-state index contributed by atoms with van der Waals surface area (Å²) in [6, 6.07) is 11.5. The molecule has 0 aliphatic rings. The SMILES string of the molecule is CCn1c(NC(=O)CCCOc2cc(C)c(Cl)c(C)c2)nnc1SCc1ccccc1Cl. The summed E-state index contributed by atoms with van der Waals surface area (Å²) >= 11 is 13.9. The van der Waals surface area contributed by atoms with Crippen molar-refractivity contribution in [3.63, 3.8) is 0 Å². The fraction of sp³-hybridized carbons (Fsp3) is 0.348. The maximum atomic E-state index is 12.4. The van der Waals surface area contributed by atoms with Gasteiger partial charge < -0.3 is 4.74 Å². The van der Waals surface area contributed by atoms with Crippen molar-refractivity contribution in [1.82, 2.24) is 14.8 Å². The highest BCUT2D eigenvalue weighted by Crippen LogP contribution is 2.27. The fourth-order valence-corrected chi connectivity index (χ4v) is 4.53. The highest BCUT2D eigenvalue weighted by molar-refractivity contribution is 7.98. The lowest BCUT2D eigenvalue weighted by Gasteiger charge is -2.10. The van der Waals surface area contributed by atoms with E-state index < -0.39 is 0 Å². The molecular weight excluding hydrogens is 467 g/mol. The molecule has 0 aliphatic carbocycles. The highest BCUT2D eigenvalue weighted by atomic mass is 35.5. The number of anilines is 1. The fourth-order valence-electron chi connectivity index (χ4n) is 3.13. The molecule has 1 heterocycles. The minimum atomic E-state index is -0.123. The first kappa shape index (κ1) is 24.4. The summed E-state index contributed by atoms with van der Waals surface area (Å²) in [5, 5.41) is 13.4. The van der Waals surface area contributed by atoms with Crippen LogP contribution in [0.1, 0.15) is 36.5 Å². The van der Waals surface area contributed by atoms with Gasteiger partial charge >= 0.3 is 0 Å². The van der Waals surface area contributed by atoms with Crippen molar-refractivity contribution in [3.8, 4) is 5.75 Å². The predicted octanol–water partition coefficient (Wildman–Crippen LogP) is 6.31. The number of carbonyl (C=O) groups is 1. The van der Waals surface area contributed by atoms with Crippen LogP contribution < -0.4 is 10.1 Å². The zero-order chi connectivity index (χ0) is 23.1. The standard InChI is InChI=1S/C23H26Cl2N4O2S/c1-4-29-22(27-28-23(29)32-14-17-8-5-6-9-19(17)24)26-20(30)10-7-11-31-18-12-15(2)21(25)16(3)13-18/h5-6,8-9,12-13H,4,7,10-11,14H2,1-3H3,(H,26,27,30). The molecule has 0 saturated heterocycles. The summed E-state index contributed by atoms with van der Waals surface area (Å²) in [7, 11) is 0. The van der Waals surface area contributed by atoms with E-state index in [-0.39, 0.29) is 5.91 Å². The Morgan fingerprint density at radius 1 is 1.16 bits per heavy atom. The van der Waals surface area contributed by atoms with Crippen molar-refractivity contribution in [2.24, 2.45) is 0 Å². The third-order valence-electron chi connectivity index (χ3n) is 4.83. The number of hydrogen-bond acceptors (Lipinski definition) is 5. The van der Waals surface area contributed by atoms with Crippen LogP contribution >= 0.6 is 35.0 Å². The van der Waals surface area contributed by atoms with Crippen molar-refractivity contribution in [3.05, 3.63) is 63.1 Å². The van der Waals surface area contributed by atoms with Crippen LogP contribution in [-0.4, -0.2) is 27.3 Å². The molecule has 0 saturated carbocycles. The van der Waals surface area contributed by atoms with E-state index in [4.69, 9.17) is 27.9 Å². The van der Waals surface area contributed by atoms with Crippen molar-refractivity contribution in [2.75, 3.05) is 11.9 Å². The predicted molar refractivity (Wildman–Crippen MR) is 131 cm³/mol. The molecule has 1 amide bonds. The quantitative estimate of drug-likeness (QED) is 0.265. The molecule has 0 radical (unpaired) electrons. The second kappa shape index (κ2) is 11.6. The minimum Gasteiger partial charge on any atom is -0.494 e. The van der Waals surface area contributed by atoms with Crippen LogP contribution in [0.3, 0.4) is 0 Å². The summed E-state index contributed by atoms with van der Waals surface area (Å²) < 4.78 is 7.65. The first-order valence-corrected chi connectivity index (χ1v) is 12.1. The molecule has 0 unspecified atom stereocenters. The molecule has 3 rings (SSSR count). The largest absolute Gasteiger partial charge is 0.494 e. The highest BCUT2D eigenvalue weighted by Gasteiger charge is 2.14. The van der Waals surface area contributed by atoms with E-state index in [9.17, 15) is 4.79 Å². The monoisotopic (exact) mass is 492 g/mol. The third kappa shape index (κ3) is 6.40. The Bertz CT molecular complexity index is 1060. The molecule has 0 aliphatic heterocycles. The Kier molecular flexibility index (Phi) is 8.84. The van der Waals surface area contributed by atoms with Crippen molar-refractivity contribution < 1.29 is 9.53 Å². The number of hydrogen-bond donors (Lipinski definition) is 1. The lowest BCUT2D eigenvalue weighted by Crippen LogP contribution is -2.16. The zero-order valence-electron chi connectivity index (χ0n) is 18.3. The van der Waals surface area contributed by atoms with Gasteiger partial charge in [0.05, 0.1) is 6.61 Å². The Labute approximate surface area is 202 Å². The second-order valence-electron chi connectivity index (χ2n) is 7.30. The first-order valence-electron chi connectivity index (χ1n) is 10.4. The maximum Gasteiger partial charge on any atom is 0.231 e. The Hall–Kier alpha value is -2.22. The van der Waals surface area contributed by atoms with Gasteiger partial charge in [-0.1, -0.05) is 53.2 Å². The van der Waals surface area contributed by atoms with E-state index in [0.717, 1.165) is 37.6 Å². The number of nitrogens with one attached hydrogen (secondary N) is 1. The number of aryl methyl sites for hydroxylation is 2. The maximum absolute atomic E-state index is 12.4. The van der Waals surface area contributed by atoms with E-state index in [0.29, 0.717) is 37.7 Å². The number of halogens is 2. The van der Waals surface area contributed by atoms with E-state index in [2.05, 4.69) is 15.5 Å². The van der Waals surface area contributed by atoms with Gasteiger partial charge in [0.25, 0.3) is 0 Å². The van der Waals surface area contributed by atoms with Crippen LogP contribution in [0, 0.1) is 13.8 Å². The lowest BCUT2D eigenvalue weighted by molar-refractivity contribution is -0.116. The number of aromatic nitrogens is 3. The topological polar surface area (TPSA) is 69.0 Å². The molecule has 1 aromatic heterocycles. The van der Waals surface area contributed by atoms with Gasteiger partial charge in [0.1, 0.15) is 5.75 Å². The molecule has 1 N–H and O–H groups in total. The molecular formula is C23H26Cl2N4O2S. The number of amides is 1. The molecule has 0 spiro atoms. The molecule has 0 fully saturated rings. The van der Waals surface area contributed by atoms with Crippen LogP contribution in [0.15, 0.2) is 41.6 Å². The van der Waals surface area contributed by atoms with Gasteiger partial charge in [-0.15, -0.1) is 10.2 Å². The Balaban J connectivity index is 1.49. The zero-order valence-corrected chi connectivity index (χ0v) is 20.7. The lowest BCUT2D eigenvalue weighted by atomic mass is 10.1. The number of carbonyl (C=O) groups excluding carboxylic acids is 1. The smallest absolute Gasteiger partial charge is 0.231 e. The van der Waals surface area contributed by atoms with Crippen LogP contribution in [-0.2, 0) is 17.1 Å². The summed E-state index contributed by atoms with van der Waals surface area (Å²) in [5.41, 5.74) is 2.98.